The molecule has 0 aliphatic rings. The number of hydrogen-bond acceptors (Lipinski definition) is 4. The minimum Gasteiger partial charge on any atom is -0.467 e. The molecule has 0 N–H and O–H groups in total. The van der Waals surface area contributed by atoms with E-state index in [4.69, 9.17) is 0 Å². The zero-order chi connectivity index (χ0) is 12.3. The Morgan fingerprint density at radius 2 is 2.06 bits per heavy atom. The molecule has 88 valence electrons. The fourth-order valence-corrected chi connectivity index (χ4v) is 1.52. The molecule has 0 aliphatic heterocycles. The zero-order valence-corrected chi connectivity index (χ0v) is 9.70. The Morgan fingerprint density at radius 1 is 1.35 bits per heavy atom. The van der Waals surface area contributed by atoms with Crippen LogP contribution in [0, 0.1) is 0 Å². The summed E-state index contributed by atoms with van der Waals surface area (Å²) >= 11 is 0. The van der Waals surface area contributed by atoms with Gasteiger partial charge in [0.2, 0.25) is 0 Å². The smallest absolute Gasteiger partial charge is 0.330 e. The minimum atomic E-state index is -0.421. The molecule has 1 unspecified atom stereocenters. The molecule has 0 saturated heterocycles. The molecule has 0 saturated carbocycles. The average Bonchev–Trinajstić information content (AvgIpc) is 2.87. The predicted octanol–water partition coefficient (Wildman–Crippen LogP) is 1.68. The van der Waals surface area contributed by atoms with Crippen LogP contribution in [0.1, 0.15) is 13.0 Å². The van der Waals surface area contributed by atoms with Crippen LogP contribution in [-0.4, -0.2) is 27.8 Å². The first-order chi connectivity index (χ1) is 8.22. The van der Waals surface area contributed by atoms with Crippen LogP contribution in [0.4, 0.5) is 0 Å². The summed E-state index contributed by atoms with van der Waals surface area (Å²) in [5.74, 6) is -0.311. The number of nitrogens with zero attached hydrogens (tertiary/aromatic N) is 3. The van der Waals surface area contributed by atoms with Crippen molar-refractivity contribution in [3.8, 4) is 11.1 Å². The van der Waals surface area contributed by atoms with E-state index in [1.165, 1.54) is 7.11 Å². The van der Waals surface area contributed by atoms with Gasteiger partial charge in [-0.05, 0) is 24.6 Å². The maximum Gasteiger partial charge on any atom is 0.330 e. The predicted molar refractivity (Wildman–Crippen MR) is 62.2 cm³/mol. The lowest BCUT2D eigenvalue weighted by Gasteiger charge is -2.08. The van der Waals surface area contributed by atoms with E-state index in [2.05, 4.69) is 14.8 Å². The molecule has 0 fully saturated rings. The summed E-state index contributed by atoms with van der Waals surface area (Å²) in [6.45, 7) is 1.75. The monoisotopic (exact) mass is 231 g/mol. The fraction of sp³-hybridized carbons (Fsp3) is 0.250. The Bertz CT molecular complexity index is 507. The topological polar surface area (TPSA) is 57.0 Å². The Labute approximate surface area is 99.1 Å². The second kappa shape index (κ2) is 4.78. The van der Waals surface area contributed by atoms with Crippen LogP contribution in [0.25, 0.3) is 11.1 Å². The van der Waals surface area contributed by atoms with Gasteiger partial charge in [0.05, 0.1) is 13.3 Å². The largest absolute Gasteiger partial charge is 0.467 e. The van der Waals surface area contributed by atoms with Gasteiger partial charge in [-0.2, -0.15) is 5.10 Å². The molecule has 0 spiro atoms. The third-order valence-electron chi connectivity index (χ3n) is 2.55. The quantitative estimate of drug-likeness (QED) is 0.754. The van der Waals surface area contributed by atoms with Crippen molar-refractivity contribution in [2.75, 3.05) is 7.11 Å². The molecule has 0 aromatic carbocycles. The van der Waals surface area contributed by atoms with E-state index in [1.54, 1.807) is 30.2 Å². The maximum absolute atomic E-state index is 11.4. The van der Waals surface area contributed by atoms with Crippen LogP contribution < -0.4 is 0 Å². The van der Waals surface area contributed by atoms with Crippen molar-refractivity contribution in [1.82, 2.24) is 14.8 Å². The number of ether oxygens (including phenoxy) is 1. The molecule has 2 aromatic heterocycles. The third kappa shape index (κ3) is 2.33. The molecule has 5 heteroatoms. The Hall–Kier alpha value is -2.17. The van der Waals surface area contributed by atoms with Crippen LogP contribution in [0.3, 0.4) is 0 Å². The lowest BCUT2D eigenvalue weighted by molar-refractivity contribution is -0.144. The molecule has 0 bridgehead atoms. The van der Waals surface area contributed by atoms with E-state index in [0.717, 1.165) is 11.1 Å². The second-order valence-corrected chi connectivity index (χ2v) is 3.64. The number of esters is 1. The molecule has 0 aliphatic carbocycles. The first kappa shape index (κ1) is 11.3. The third-order valence-corrected chi connectivity index (χ3v) is 2.55. The second-order valence-electron chi connectivity index (χ2n) is 3.64. The lowest BCUT2D eigenvalue weighted by Crippen LogP contribution is -2.17. The number of methoxy groups -OCH3 is 1. The van der Waals surface area contributed by atoms with Crippen LogP contribution in [0.15, 0.2) is 36.9 Å². The van der Waals surface area contributed by atoms with E-state index >= 15 is 0 Å². The molecule has 1 atom stereocenters. The molecular formula is C12H13N3O2. The number of carbonyl (C=O) groups is 1. The van der Waals surface area contributed by atoms with E-state index in [9.17, 15) is 4.79 Å². The number of rotatable bonds is 3. The summed E-state index contributed by atoms with van der Waals surface area (Å²) in [6.07, 6.45) is 6.97. The molecule has 0 amide bonds. The van der Waals surface area contributed by atoms with Gasteiger partial charge in [-0.3, -0.25) is 9.67 Å². The van der Waals surface area contributed by atoms with Gasteiger partial charge in [-0.15, -0.1) is 0 Å². The van der Waals surface area contributed by atoms with Crippen LogP contribution >= 0.6 is 0 Å². The lowest BCUT2D eigenvalue weighted by atomic mass is 10.1. The highest BCUT2D eigenvalue weighted by Gasteiger charge is 2.16. The molecule has 2 aromatic rings. The SMILES string of the molecule is COC(=O)C(C)n1cc(-c2ccncc2)cn1. The van der Waals surface area contributed by atoms with E-state index in [-0.39, 0.29) is 5.97 Å². The van der Waals surface area contributed by atoms with Gasteiger partial charge in [0.15, 0.2) is 0 Å². The Morgan fingerprint density at radius 3 is 2.71 bits per heavy atom. The minimum absolute atomic E-state index is 0.311. The zero-order valence-electron chi connectivity index (χ0n) is 9.70. The number of aromatic nitrogens is 3. The summed E-state index contributed by atoms with van der Waals surface area (Å²) in [5, 5.41) is 4.16. The first-order valence-electron chi connectivity index (χ1n) is 5.24. The van der Waals surface area contributed by atoms with Gasteiger partial charge in [-0.25, -0.2) is 4.79 Å². The van der Waals surface area contributed by atoms with E-state index in [0.29, 0.717) is 0 Å². The Balaban J connectivity index is 2.25. The highest BCUT2D eigenvalue weighted by Crippen LogP contribution is 2.19. The number of hydrogen-bond donors (Lipinski definition) is 0. The Kier molecular flexibility index (Phi) is 3.18. The summed E-state index contributed by atoms with van der Waals surface area (Å²) in [5.41, 5.74) is 1.96. The molecule has 2 rings (SSSR count). The van der Waals surface area contributed by atoms with Crippen molar-refractivity contribution in [3.63, 3.8) is 0 Å². The molecule has 0 radical (unpaired) electrons. The van der Waals surface area contributed by atoms with E-state index < -0.39 is 6.04 Å². The summed E-state index contributed by atoms with van der Waals surface area (Å²) in [7, 11) is 1.37. The van der Waals surface area contributed by atoms with Crippen LogP contribution in [0.5, 0.6) is 0 Å². The van der Waals surface area contributed by atoms with Crippen molar-refractivity contribution in [1.29, 1.82) is 0 Å². The maximum atomic E-state index is 11.4. The average molecular weight is 231 g/mol. The normalized spacial score (nSPS) is 12.1. The van der Waals surface area contributed by atoms with Crippen molar-refractivity contribution >= 4 is 5.97 Å². The van der Waals surface area contributed by atoms with Crippen molar-refractivity contribution in [2.24, 2.45) is 0 Å². The molecule has 2 heterocycles. The fourth-order valence-electron chi connectivity index (χ4n) is 1.52. The highest BCUT2D eigenvalue weighted by atomic mass is 16.5. The standard InChI is InChI=1S/C12H13N3O2/c1-9(12(16)17-2)15-8-11(7-14-15)10-3-5-13-6-4-10/h3-9H,1-2H3. The van der Waals surface area contributed by atoms with Gasteiger partial charge in [0, 0.05) is 24.2 Å². The molecule has 5 nitrogen and oxygen atoms in total. The van der Waals surface area contributed by atoms with Gasteiger partial charge in [0.25, 0.3) is 0 Å². The molecule has 17 heavy (non-hydrogen) atoms. The van der Waals surface area contributed by atoms with Gasteiger partial charge in [-0.1, -0.05) is 0 Å². The highest BCUT2D eigenvalue weighted by molar-refractivity contribution is 5.73. The summed E-state index contributed by atoms with van der Waals surface area (Å²) in [4.78, 5) is 15.3. The van der Waals surface area contributed by atoms with Crippen LogP contribution in [-0.2, 0) is 9.53 Å². The van der Waals surface area contributed by atoms with Crippen molar-refractivity contribution < 1.29 is 9.53 Å². The van der Waals surface area contributed by atoms with Crippen molar-refractivity contribution in [3.05, 3.63) is 36.9 Å². The van der Waals surface area contributed by atoms with Crippen molar-refractivity contribution in [2.45, 2.75) is 13.0 Å². The summed E-state index contributed by atoms with van der Waals surface area (Å²) in [6, 6.07) is 3.37. The molecular weight excluding hydrogens is 218 g/mol. The number of pyridine rings is 1. The van der Waals surface area contributed by atoms with Gasteiger partial charge in [0.1, 0.15) is 6.04 Å². The summed E-state index contributed by atoms with van der Waals surface area (Å²) < 4.78 is 6.26. The number of carbonyl (C=O) groups excluding carboxylic acids is 1. The van der Waals surface area contributed by atoms with Crippen LogP contribution in [0.2, 0.25) is 0 Å². The van der Waals surface area contributed by atoms with Gasteiger partial charge >= 0.3 is 5.97 Å². The van der Waals surface area contributed by atoms with Gasteiger partial charge < -0.3 is 4.74 Å². The van der Waals surface area contributed by atoms with E-state index in [1.807, 2.05) is 18.3 Å². The first-order valence-corrected chi connectivity index (χ1v) is 5.24.